The molecule has 3 N–H and O–H groups in total. The monoisotopic (exact) mass is 263 g/mol. The third-order valence-corrected chi connectivity index (χ3v) is 3.02. The Morgan fingerprint density at radius 1 is 1.33 bits per heavy atom. The van der Waals surface area contributed by atoms with Gasteiger partial charge in [0.15, 0.2) is 0 Å². The smallest absolute Gasteiger partial charge is 0.267 e. The molecule has 92 valence electrons. The highest BCUT2D eigenvalue weighted by molar-refractivity contribution is 6.21. The molecule has 1 aromatic rings. The van der Waals surface area contributed by atoms with Gasteiger partial charge in [-0.05, 0) is 12.1 Å². The Morgan fingerprint density at radius 2 is 2.06 bits per heavy atom. The van der Waals surface area contributed by atoms with Crippen LogP contribution in [0.3, 0.4) is 0 Å². The van der Waals surface area contributed by atoms with Gasteiger partial charge in [0.2, 0.25) is 5.91 Å². The zero-order chi connectivity index (χ0) is 12.0. The molecular weight excluding hydrogens is 254 g/mol. The molecule has 0 unspecified atom stereocenters. The van der Waals surface area contributed by atoms with E-state index in [0.717, 1.165) is 11.3 Å². The van der Waals surface area contributed by atoms with E-state index in [9.17, 15) is 9.59 Å². The molecule has 3 rings (SSSR count). The maximum atomic E-state index is 12.0. The van der Waals surface area contributed by atoms with Crippen molar-refractivity contribution in [1.29, 1.82) is 0 Å². The summed E-state index contributed by atoms with van der Waals surface area (Å²) in [6.45, 7) is 0. The minimum atomic E-state index is -0.971. The molecule has 2 aliphatic heterocycles. The number of fused-ring (bicyclic) bond motifs is 2. The van der Waals surface area contributed by atoms with E-state index in [1.807, 2.05) is 24.3 Å². The van der Waals surface area contributed by atoms with Gasteiger partial charge in [0.05, 0.1) is 0 Å². The summed E-state index contributed by atoms with van der Waals surface area (Å²) >= 11 is 0. The molecule has 18 heavy (non-hydrogen) atoms. The molecule has 1 aromatic carbocycles. The fourth-order valence-electron chi connectivity index (χ4n) is 2.17. The first kappa shape index (κ1) is 12.3. The predicted molar refractivity (Wildman–Crippen MR) is 69.8 cm³/mol. The van der Waals surface area contributed by atoms with E-state index in [0.29, 0.717) is 0 Å². The van der Waals surface area contributed by atoms with E-state index in [1.165, 1.54) is 12.3 Å². The summed E-state index contributed by atoms with van der Waals surface area (Å²) in [6, 6.07) is 7.32. The van der Waals surface area contributed by atoms with E-state index in [1.54, 1.807) is 0 Å². The molecular formula is C12H10ClN3O2. The minimum Gasteiger partial charge on any atom is -0.364 e. The number of carbonyl (C=O) groups excluding carboxylic acids is 2. The predicted octanol–water partition coefficient (Wildman–Crippen LogP) is 0.752. The van der Waals surface area contributed by atoms with Gasteiger partial charge in [-0.25, -0.2) is 0 Å². The first-order chi connectivity index (χ1) is 8.13. The topological polar surface area (TPSA) is 84.6 Å². The number of hydrogen-bond acceptors (Lipinski definition) is 3. The number of halogens is 1. The fourth-order valence-corrected chi connectivity index (χ4v) is 2.17. The maximum absolute atomic E-state index is 12.0. The number of anilines is 1. The molecule has 0 aliphatic carbocycles. The zero-order valence-corrected chi connectivity index (χ0v) is 10.0. The SMILES string of the molecule is Cl.NC(=O)C1=C[C@@]2(C=N1)C(=O)Nc1ccccc12. The van der Waals surface area contributed by atoms with E-state index in [-0.39, 0.29) is 24.0 Å². The van der Waals surface area contributed by atoms with Crippen LogP contribution in [0.5, 0.6) is 0 Å². The van der Waals surface area contributed by atoms with Crippen LogP contribution in [-0.2, 0) is 15.0 Å². The number of nitrogens with two attached hydrogens (primary N) is 1. The van der Waals surface area contributed by atoms with Crippen molar-refractivity contribution in [2.75, 3.05) is 5.32 Å². The zero-order valence-electron chi connectivity index (χ0n) is 9.21. The highest BCUT2D eigenvalue weighted by Gasteiger charge is 2.46. The lowest BCUT2D eigenvalue weighted by Gasteiger charge is -2.14. The Bertz CT molecular complexity index is 609. The van der Waals surface area contributed by atoms with Gasteiger partial charge in [-0.3, -0.25) is 14.6 Å². The van der Waals surface area contributed by atoms with Crippen LogP contribution in [0, 0.1) is 0 Å². The number of primary amides is 1. The lowest BCUT2D eigenvalue weighted by molar-refractivity contribution is -0.117. The van der Waals surface area contributed by atoms with E-state index in [2.05, 4.69) is 10.3 Å². The average molecular weight is 264 g/mol. The van der Waals surface area contributed by atoms with Crippen LogP contribution in [-0.4, -0.2) is 18.0 Å². The molecule has 2 heterocycles. The number of para-hydroxylation sites is 1. The number of aliphatic imine (C=N–C) groups is 1. The van der Waals surface area contributed by atoms with Gasteiger partial charge < -0.3 is 11.1 Å². The fraction of sp³-hybridized carbons (Fsp3) is 0.0833. The molecule has 5 nitrogen and oxygen atoms in total. The van der Waals surface area contributed by atoms with Gasteiger partial charge in [-0.1, -0.05) is 18.2 Å². The highest BCUT2D eigenvalue weighted by Crippen LogP contribution is 2.40. The molecule has 2 aliphatic rings. The van der Waals surface area contributed by atoms with Gasteiger partial charge in [0, 0.05) is 17.5 Å². The number of nitrogens with zero attached hydrogens (tertiary/aromatic N) is 1. The molecule has 1 spiro atoms. The van der Waals surface area contributed by atoms with Gasteiger partial charge in [0.25, 0.3) is 5.91 Å². The quantitative estimate of drug-likeness (QED) is 0.784. The molecule has 0 fully saturated rings. The summed E-state index contributed by atoms with van der Waals surface area (Å²) in [5.74, 6) is -0.839. The van der Waals surface area contributed by atoms with Crippen molar-refractivity contribution in [2.24, 2.45) is 10.7 Å². The maximum Gasteiger partial charge on any atom is 0.267 e. The molecule has 0 radical (unpaired) electrons. The first-order valence-corrected chi connectivity index (χ1v) is 5.12. The van der Waals surface area contributed by atoms with Crippen molar-refractivity contribution in [3.8, 4) is 0 Å². The Balaban J connectivity index is 0.00000120. The molecule has 0 aromatic heterocycles. The molecule has 1 atom stereocenters. The Labute approximate surface area is 109 Å². The van der Waals surface area contributed by atoms with Crippen molar-refractivity contribution < 1.29 is 9.59 Å². The number of amides is 2. The normalized spacial score (nSPS) is 23.3. The van der Waals surface area contributed by atoms with Crippen LogP contribution in [0.1, 0.15) is 5.56 Å². The Hall–Kier alpha value is -2.14. The van der Waals surface area contributed by atoms with Crippen LogP contribution in [0.2, 0.25) is 0 Å². The largest absolute Gasteiger partial charge is 0.364 e. The summed E-state index contributed by atoms with van der Waals surface area (Å²) in [5, 5.41) is 2.76. The molecule has 0 bridgehead atoms. The second-order valence-corrected chi connectivity index (χ2v) is 4.02. The Morgan fingerprint density at radius 3 is 2.72 bits per heavy atom. The molecule has 0 saturated carbocycles. The number of rotatable bonds is 1. The van der Waals surface area contributed by atoms with Crippen LogP contribution < -0.4 is 11.1 Å². The van der Waals surface area contributed by atoms with Gasteiger partial charge in [-0.2, -0.15) is 0 Å². The van der Waals surface area contributed by atoms with Crippen LogP contribution in [0.15, 0.2) is 41.0 Å². The second-order valence-electron chi connectivity index (χ2n) is 4.02. The van der Waals surface area contributed by atoms with Crippen molar-refractivity contribution in [3.05, 3.63) is 41.6 Å². The van der Waals surface area contributed by atoms with Crippen LogP contribution in [0.25, 0.3) is 0 Å². The lowest BCUT2D eigenvalue weighted by Crippen LogP contribution is -2.32. The summed E-state index contributed by atoms with van der Waals surface area (Å²) in [5.41, 5.74) is 5.85. The van der Waals surface area contributed by atoms with Crippen molar-refractivity contribution in [1.82, 2.24) is 0 Å². The van der Waals surface area contributed by atoms with Crippen molar-refractivity contribution in [3.63, 3.8) is 0 Å². The molecule has 0 saturated heterocycles. The second kappa shape index (κ2) is 3.96. The summed E-state index contributed by atoms with van der Waals surface area (Å²) < 4.78 is 0. The number of benzene rings is 1. The minimum absolute atomic E-state index is 0. The van der Waals surface area contributed by atoms with E-state index in [4.69, 9.17) is 5.73 Å². The third-order valence-electron chi connectivity index (χ3n) is 3.02. The number of nitrogens with one attached hydrogen (secondary N) is 1. The summed E-state index contributed by atoms with van der Waals surface area (Å²) in [7, 11) is 0. The van der Waals surface area contributed by atoms with Crippen LogP contribution >= 0.6 is 12.4 Å². The lowest BCUT2D eigenvalue weighted by atomic mass is 9.83. The third kappa shape index (κ3) is 1.44. The Kier molecular flexibility index (Phi) is 2.71. The van der Waals surface area contributed by atoms with E-state index < -0.39 is 11.3 Å². The van der Waals surface area contributed by atoms with Crippen LogP contribution in [0.4, 0.5) is 5.69 Å². The summed E-state index contributed by atoms with van der Waals surface area (Å²) in [4.78, 5) is 27.0. The number of hydrogen-bond donors (Lipinski definition) is 2. The summed E-state index contributed by atoms with van der Waals surface area (Å²) in [6.07, 6.45) is 2.98. The van der Waals surface area contributed by atoms with Gasteiger partial charge >= 0.3 is 0 Å². The van der Waals surface area contributed by atoms with E-state index >= 15 is 0 Å². The van der Waals surface area contributed by atoms with Gasteiger partial charge in [0.1, 0.15) is 11.1 Å². The first-order valence-electron chi connectivity index (χ1n) is 5.12. The molecule has 6 heteroatoms. The van der Waals surface area contributed by atoms with Gasteiger partial charge in [-0.15, -0.1) is 12.4 Å². The number of carbonyl (C=O) groups is 2. The van der Waals surface area contributed by atoms with Crippen molar-refractivity contribution in [2.45, 2.75) is 5.41 Å². The molecule has 2 amide bonds. The highest BCUT2D eigenvalue weighted by atomic mass is 35.5. The van der Waals surface area contributed by atoms with Crippen molar-refractivity contribution >= 4 is 36.1 Å². The standard InChI is InChI=1S/C12H9N3O2.ClH/c13-10(16)9-5-12(6-14-9)7-3-1-2-4-8(7)15-11(12)17;/h1-6H,(H2,13,16)(H,15,17);1H/t12-;/m0./s1. The average Bonchev–Trinajstić information content (AvgIpc) is 2.85.